The van der Waals surface area contributed by atoms with Crippen LogP contribution in [0.25, 0.3) is 0 Å². The lowest BCUT2D eigenvalue weighted by atomic mass is 9.76. The molecule has 0 fully saturated rings. The molecule has 0 saturated carbocycles. The number of rotatable bonds is 9. The van der Waals surface area contributed by atoms with Crippen LogP contribution >= 0.6 is 0 Å². The number of esters is 2. The number of carbonyl (C=O) groups excluding carboxylic acids is 2. The molecule has 0 spiro atoms. The fourth-order valence-electron chi connectivity index (χ4n) is 3.83. The maximum absolute atomic E-state index is 12.7. The van der Waals surface area contributed by atoms with Gasteiger partial charge in [0.25, 0.3) is 0 Å². The van der Waals surface area contributed by atoms with Gasteiger partial charge in [-0.1, -0.05) is 91.0 Å². The average Bonchev–Trinajstić information content (AvgIpc) is 2.85. The van der Waals surface area contributed by atoms with Gasteiger partial charge in [-0.25, -0.2) is 0 Å². The van der Waals surface area contributed by atoms with Crippen LogP contribution in [0, 0.1) is 0 Å². The fourth-order valence-corrected chi connectivity index (χ4v) is 3.83. The van der Waals surface area contributed by atoms with Gasteiger partial charge in [-0.3, -0.25) is 14.9 Å². The number of methoxy groups -OCH3 is 2. The molecule has 0 aliphatic heterocycles. The molecule has 1 unspecified atom stereocenters. The summed E-state index contributed by atoms with van der Waals surface area (Å²) in [6, 6.07) is 29.1. The number of hydrogen-bond donors (Lipinski definition) is 1. The van der Waals surface area contributed by atoms with E-state index in [2.05, 4.69) is 5.32 Å². The number of benzene rings is 3. The summed E-state index contributed by atoms with van der Waals surface area (Å²) in [5.74, 6) is -0.809. The Morgan fingerprint density at radius 1 is 0.742 bits per heavy atom. The summed E-state index contributed by atoms with van der Waals surface area (Å²) in [6.45, 7) is 0. The van der Waals surface area contributed by atoms with Gasteiger partial charge in [0.1, 0.15) is 6.04 Å². The molecule has 5 heteroatoms. The number of ether oxygens (including phenoxy) is 2. The molecule has 0 aromatic heterocycles. The highest BCUT2D eigenvalue weighted by Gasteiger charge is 2.40. The molecular formula is C26H27NO4. The second-order valence-electron chi connectivity index (χ2n) is 7.18. The van der Waals surface area contributed by atoms with Crippen molar-refractivity contribution >= 4 is 11.9 Å². The lowest BCUT2D eigenvalue weighted by Crippen LogP contribution is -2.53. The second-order valence-corrected chi connectivity index (χ2v) is 7.18. The number of nitrogens with one attached hydrogen (secondary N) is 1. The monoisotopic (exact) mass is 417 g/mol. The standard InChI is InChI=1S/C26H27NO4/c1-30-24(28)19-18-23(25(29)31-2)27-26(20-12-6-3-7-13-20,21-14-8-4-9-15-21)22-16-10-5-11-17-22/h3-17,23,27H,18-19H2,1-2H3. The Labute approximate surface area is 183 Å². The van der Waals surface area contributed by atoms with Gasteiger partial charge in [-0.05, 0) is 23.1 Å². The summed E-state index contributed by atoms with van der Waals surface area (Å²) in [5.41, 5.74) is 2.08. The Morgan fingerprint density at radius 2 is 1.16 bits per heavy atom. The zero-order valence-electron chi connectivity index (χ0n) is 17.8. The van der Waals surface area contributed by atoms with Crippen molar-refractivity contribution in [3.05, 3.63) is 108 Å². The van der Waals surface area contributed by atoms with Crippen LogP contribution in [-0.4, -0.2) is 32.2 Å². The van der Waals surface area contributed by atoms with Crippen molar-refractivity contribution < 1.29 is 19.1 Å². The van der Waals surface area contributed by atoms with Crippen LogP contribution in [0.4, 0.5) is 0 Å². The van der Waals surface area contributed by atoms with E-state index in [1.165, 1.54) is 14.2 Å². The summed E-state index contributed by atoms with van der Waals surface area (Å²) in [6.07, 6.45) is 0.339. The molecule has 3 aromatic rings. The Hall–Kier alpha value is -3.44. The molecule has 160 valence electrons. The van der Waals surface area contributed by atoms with Gasteiger partial charge in [-0.15, -0.1) is 0 Å². The van der Waals surface area contributed by atoms with Gasteiger partial charge in [0.15, 0.2) is 0 Å². The summed E-state index contributed by atoms with van der Waals surface area (Å²) in [5, 5.41) is 3.56. The molecule has 0 aliphatic carbocycles. The van der Waals surface area contributed by atoms with Crippen LogP contribution in [0.1, 0.15) is 29.5 Å². The minimum absolute atomic E-state index is 0.0950. The SMILES string of the molecule is COC(=O)CCC(NC(c1ccccc1)(c1ccccc1)c1ccccc1)C(=O)OC. The maximum atomic E-state index is 12.7. The first-order chi connectivity index (χ1) is 15.1. The van der Waals surface area contributed by atoms with E-state index in [0.29, 0.717) is 0 Å². The predicted molar refractivity (Wildman–Crippen MR) is 119 cm³/mol. The summed E-state index contributed by atoms with van der Waals surface area (Å²) >= 11 is 0. The molecule has 3 aromatic carbocycles. The maximum Gasteiger partial charge on any atom is 0.322 e. The average molecular weight is 418 g/mol. The van der Waals surface area contributed by atoms with Crippen molar-refractivity contribution in [2.75, 3.05) is 14.2 Å². The minimum Gasteiger partial charge on any atom is -0.469 e. The second kappa shape index (κ2) is 10.5. The Balaban J connectivity index is 2.18. The first kappa shape index (κ1) is 22.2. The third kappa shape index (κ3) is 5.01. The predicted octanol–water partition coefficient (Wildman–Crippen LogP) is 4.06. The molecule has 31 heavy (non-hydrogen) atoms. The molecule has 1 atom stereocenters. The van der Waals surface area contributed by atoms with Gasteiger partial charge in [0, 0.05) is 6.42 Å². The van der Waals surface area contributed by atoms with E-state index in [1.54, 1.807) is 0 Å². The molecule has 0 heterocycles. The van der Waals surface area contributed by atoms with E-state index in [-0.39, 0.29) is 18.8 Å². The first-order valence-corrected chi connectivity index (χ1v) is 10.2. The fraction of sp³-hybridized carbons (Fsp3) is 0.231. The van der Waals surface area contributed by atoms with Crippen molar-refractivity contribution in [2.24, 2.45) is 0 Å². The minimum atomic E-state index is -0.835. The Kier molecular flexibility index (Phi) is 7.57. The van der Waals surface area contributed by atoms with E-state index >= 15 is 0 Å². The number of hydrogen-bond acceptors (Lipinski definition) is 5. The smallest absolute Gasteiger partial charge is 0.322 e. The third-order valence-corrected chi connectivity index (χ3v) is 5.36. The van der Waals surface area contributed by atoms with Crippen LogP contribution in [0.2, 0.25) is 0 Å². The summed E-state index contributed by atoms with van der Waals surface area (Å²) in [4.78, 5) is 24.5. The van der Waals surface area contributed by atoms with Gasteiger partial charge in [0.2, 0.25) is 0 Å². The van der Waals surface area contributed by atoms with Crippen molar-refractivity contribution in [1.29, 1.82) is 0 Å². The Morgan fingerprint density at radius 3 is 1.52 bits per heavy atom. The zero-order valence-corrected chi connectivity index (χ0v) is 17.8. The summed E-state index contributed by atoms with van der Waals surface area (Å²) in [7, 11) is 2.69. The van der Waals surface area contributed by atoms with Gasteiger partial charge in [0.05, 0.1) is 19.8 Å². The van der Waals surface area contributed by atoms with Gasteiger partial charge >= 0.3 is 11.9 Å². The zero-order chi connectivity index (χ0) is 22.1. The van der Waals surface area contributed by atoms with Crippen LogP contribution in [0.3, 0.4) is 0 Å². The van der Waals surface area contributed by atoms with E-state index in [0.717, 1.165) is 16.7 Å². The highest BCUT2D eigenvalue weighted by atomic mass is 16.5. The van der Waals surface area contributed by atoms with Crippen LogP contribution < -0.4 is 5.32 Å². The van der Waals surface area contributed by atoms with Crippen molar-refractivity contribution in [3.63, 3.8) is 0 Å². The molecule has 0 bridgehead atoms. The van der Waals surface area contributed by atoms with E-state index in [4.69, 9.17) is 9.47 Å². The lowest BCUT2D eigenvalue weighted by Gasteiger charge is -2.39. The van der Waals surface area contributed by atoms with Gasteiger partial charge < -0.3 is 9.47 Å². The van der Waals surface area contributed by atoms with E-state index in [1.807, 2.05) is 91.0 Å². The number of carbonyl (C=O) groups is 2. The van der Waals surface area contributed by atoms with E-state index in [9.17, 15) is 9.59 Å². The molecule has 3 rings (SSSR count). The van der Waals surface area contributed by atoms with Crippen molar-refractivity contribution in [1.82, 2.24) is 5.32 Å². The van der Waals surface area contributed by atoms with E-state index < -0.39 is 17.6 Å². The van der Waals surface area contributed by atoms with Gasteiger partial charge in [-0.2, -0.15) is 0 Å². The topological polar surface area (TPSA) is 64.6 Å². The molecule has 0 amide bonds. The van der Waals surface area contributed by atoms with Crippen LogP contribution in [-0.2, 0) is 24.6 Å². The highest BCUT2D eigenvalue weighted by molar-refractivity contribution is 5.77. The molecule has 0 radical (unpaired) electrons. The third-order valence-electron chi connectivity index (χ3n) is 5.36. The highest BCUT2D eigenvalue weighted by Crippen LogP contribution is 2.37. The van der Waals surface area contributed by atoms with Crippen LogP contribution in [0.5, 0.6) is 0 Å². The quantitative estimate of drug-likeness (QED) is 0.420. The molecular weight excluding hydrogens is 390 g/mol. The molecule has 0 aliphatic rings. The van der Waals surface area contributed by atoms with Crippen molar-refractivity contribution in [2.45, 2.75) is 24.4 Å². The molecule has 0 saturated heterocycles. The summed E-state index contributed by atoms with van der Waals surface area (Å²) < 4.78 is 9.86. The first-order valence-electron chi connectivity index (χ1n) is 10.2. The van der Waals surface area contributed by atoms with Crippen molar-refractivity contribution in [3.8, 4) is 0 Å². The molecule has 5 nitrogen and oxygen atoms in total. The largest absolute Gasteiger partial charge is 0.469 e. The normalized spacial score (nSPS) is 12.1. The Bertz CT molecular complexity index is 877. The lowest BCUT2D eigenvalue weighted by molar-refractivity contribution is -0.145. The van der Waals surface area contributed by atoms with Crippen LogP contribution in [0.15, 0.2) is 91.0 Å². The molecule has 1 N–H and O–H groups in total.